The highest BCUT2D eigenvalue weighted by molar-refractivity contribution is 5.95. The number of aliphatic hydroxyl groups is 1. The number of nitrogens with one attached hydrogen (secondary N) is 3. The lowest BCUT2D eigenvalue weighted by Gasteiger charge is -2.29. The average molecular weight is 395 g/mol. The van der Waals surface area contributed by atoms with E-state index in [1.165, 1.54) is 0 Å². The van der Waals surface area contributed by atoms with Gasteiger partial charge in [-0.15, -0.1) is 0 Å². The predicted octanol–water partition coefficient (Wildman–Crippen LogP) is 1.67. The van der Waals surface area contributed by atoms with E-state index >= 15 is 0 Å². The minimum atomic E-state index is -0.671. The predicted molar refractivity (Wildman–Crippen MR) is 110 cm³/mol. The SMILES string of the molecule is Cc1cc(CCc2c[nH]c3ccccc23)oc(=O)c1C(=O)N[C@@H]1CCNC[C@H]1O. The zero-order chi connectivity index (χ0) is 20.4. The molecule has 2 atom stereocenters. The van der Waals surface area contributed by atoms with Crippen LogP contribution in [0.1, 0.15) is 33.7 Å². The van der Waals surface area contributed by atoms with Crippen LogP contribution >= 0.6 is 0 Å². The first-order chi connectivity index (χ1) is 14.0. The van der Waals surface area contributed by atoms with Crippen molar-refractivity contribution in [2.75, 3.05) is 13.1 Å². The Kier molecular flexibility index (Phi) is 5.51. The molecule has 1 aliphatic rings. The molecule has 4 rings (SSSR count). The summed E-state index contributed by atoms with van der Waals surface area (Å²) in [4.78, 5) is 28.3. The van der Waals surface area contributed by atoms with Gasteiger partial charge in [-0.2, -0.15) is 0 Å². The Morgan fingerprint density at radius 1 is 1.31 bits per heavy atom. The number of hydrogen-bond acceptors (Lipinski definition) is 5. The number of aromatic nitrogens is 1. The average Bonchev–Trinajstić information content (AvgIpc) is 3.11. The summed E-state index contributed by atoms with van der Waals surface area (Å²) in [6, 6.07) is 9.45. The van der Waals surface area contributed by atoms with Crippen LogP contribution in [0.2, 0.25) is 0 Å². The van der Waals surface area contributed by atoms with Crippen molar-refractivity contribution in [2.45, 2.75) is 38.3 Å². The van der Waals surface area contributed by atoms with E-state index in [0.29, 0.717) is 37.3 Å². The lowest BCUT2D eigenvalue weighted by atomic mass is 10.0. The second-order valence-corrected chi connectivity index (χ2v) is 7.56. The summed E-state index contributed by atoms with van der Waals surface area (Å²) in [5.74, 6) is 0.0570. The molecule has 1 aliphatic heterocycles. The maximum absolute atomic E-state index is 12.6. The number of aromatic amines is 1. The highest BCUT2D eigenvalue weighted by atomic mass is 16.4. The standard InChI is InChI=1S/C22H25N3O4/c1-13-10-15(7-6-14-11-24-17-5-3-2-4-16(14)17)29-22(28)20(13)21(27)25-18-8-9-23-12-19(18)26/h2-5,10-11,18-19,23-24,26H,6-9,12H2,1H3,(H,25,27)/t18-,19-/m1/s1. The van der Waals surface area contributed by atoms with Crippen molar-refractivity contribution in [1.29, 1.82) is 0 Å². The van der Waals surface area contributed by atoms with Crippen LogP contribution in [-0.2, 0) is 12.8 Å². The van der Waals surface area contributed by atoms with Crippen LogP contribution < -0.4 is 16.3 Å². The van der Waals surface area contributed by atoms with Gasteiger partial charge in [0.05, 0.1) is 12.1 Å². The van der Waals surface area contributed by atoms with Crippen molar-refractivity contribution >= 4 is 16.8 Å². The van der Waals surface area contributed by atoms with Crippen molar-refractivity contribution in [3.63, 3.8) is 0 Å². The third-order valence-corrected chi connectivity index (χ3v) is 5.51. The lowest BCUT2D eigenvalue weighted by Crippen LogP contribution is -2.53. The molecular weight excluding hydrogens is 370 g/mol. The minimum Gasteiger partial charge on any atom is -0.427 e. The fourth-order valence-electron chi connectivity index (χ4n) is 3.92. The monoisotopic (exact) mass is 395 g/mol. The van der Waals surface area contributed by atoms with Gasteiger partial charge in [0.2, 0.25) is 0 Å². The van der Waals surface area contributed by atoms with Gasteiger partial charge in [0.15, 0.2) is 0 Å². The molecule has 29 heavy (non-hydrogen) atoms. The highest BCUT2D eigenvalue weighted by Gasteiger charge is 2.26. The van der Waals surface area contributed by atoms with Crippen molar-refractivity contribution in [1.82, 2.24) is 15.6 Å². The summed E-state index contributed by atoms with van der Waals surface area (Å²) in [6.45, 7) is 2.87. The number of amides is 1. The number of rotatable bonds is 5. The first kappa shape index (κ1) is 19.4. The summed E-state index contributed by atoms with van der Waals surface area (Å²) >= 11 is 0. The van der Waals surface area contributed by atoms with Crippen LogP contribution in [0.3, 0.4) is 0 Å². The Balaban J connectivity index is 1.48. The molecular formula is C22H25N3O4. The van der Waals surface area contributed by atoms with Crippen LogP contribution in [0.4, 0.5) is 0 Å². The summed E-state index contributed by atoms with van der Waals surface area (Å²) in [5.41, 5.74) is 2.18. The topological polar surface area (TPSA) is 107 Å². The number of hydrogen-bond donors (Lipinski definition) is 4. The molecule has 1 fully saturated rings. The zero-order valence-electron chi connectivity index (χ0n) is 16.3. The Morgan fingerprint density at radius 3 is 2.93 bits per heavy atom. The van der Waals surface area contributed by atoms with Crippen molar-refractivity contribution in [2.24, 2.45) is 0 Å². The van der Waals surface area contributed by atoms with E-state index in [-0.39, 0.29) is 11.6 Å². The maximum atomic E-state index is 12.6. The molecule has 7 nitrogen and oxygen atoms in total. The number of H-pyrrole nitrogens is 1. The number of para-hydroxylation sites is 1. The molecule has 1 aromatic carbocycles. The zero-order valence-corrected chi connectivity index (χ0v) is 16.3. The molecule has 152 valence electrons. The quantitative estimate of drug-likeness (QED) is 0.526. The smallest absolute Gasteiger partial charge is 0.349 e. The number of carbonyl (C=O) groups is 1. The largest absolute Gasteiger partial charge is 0.427 e. The van der Waals surface area contributed by atoms with E-state index in [1.807, 2.05) is 24.4 Å². The molecule has 4 N–H and O–H groups in total. The van der Waals surface area contributed by atoms with Gasteiger partial charge in [0, 0.05) is 30.1 Å². The molecule has 3 aromatic rings. The molecule has 0 saturated carbocycles. The number of aryl methyl sites for hydroxylation is 3. The van der Waals surface area contributed by atoms with E-state index in [4.69, 9.17) is 4.42 Å². The van der Waals surface area contributed by atoms with E-state index in [9.17, 15) is 14.7 Å². The van der Waals surface area contributed by atoms with Gasteiger partial charge in [0.1, 0.15) is 11.3 Å². The molecule has 0 spiro atoms. The number of benzene rings is 1. The summed E-state index contributed by atoms with van der Waals surface area (Å²) in [5, 5.41) is 17.0. The Morgan fingerprint density at radius 2 is 2.14 bits per heavy atom. The van der Waals surface area contributed by atoms with Crippen LogP contribution in [-0.4, -0.2) is 41.2 Å². The molecule has 1 amide bonds. The van der Waals surface area contributed by atoms with Crippen molar-refractivity contribution in [3.8, 4) is 0 Å². The summed E-state index contributed by atoms with van der Waals surface area (Å²) < 4.78 is 5.44. The molecule has 7 heteroatoms. The van der Waals surface area contributed by atoms with Gasteiger partial charge >= 0.3 is 5.63 Å². The first-order valence-electron chi connectivity index (χ1n) is 9.91. The third kappa shape index (κ3) is 4.11. The summed E-state index contributed by atoms with van der Waals surface area (Å²) in [7, 11) is 0. The normalized spacial score (nSPS) is 19.4. The van der Waals surface area contributed by atoms with Crippen LogP contribution in [0, 0.1) is 6.92 Å². The fraction of sp³-hybridized carbons (Fsp3) is 0.364. The van der Waals surface area contributed by atoms with Gasteiger partial charge in [0.25, 0.3) is 5.91 Å². The molecule has 0 aliphatic carbocycles. The van der Waals surface area contributed by atoms with Crippen molar-refractivity contribution < 1.29 is 14.3 Å². The van der Waals surface area contributed by atoms with Gasteiger partial charge in [-0.1, -0.05) is 18.2 Å². The van der Waals surface area contributed by atoms with Crippen LogP contribution in [0.25, 0.3) is 10.9 Å². The number of fused-ring (bicyclic) bond motifs is 1. The Labute approximate surface area is 168 Å². The lowest BCUT2D eigenvalue weighted by molar-refractivity contribution is 0.0761. The van der Waals surface area contributed by atoms with E-state index in [2.05, 4.69) is 21.7 Å². The maximum Gasteiger partial charge on any atom is 0.349 e. The van der Waals surface area contributed by atoms with Crippen LogP contribution in [0.15, 0.2) is 45.7 Å². The molecule has 0 unspecified atom stereocenters. The van der Waals surface area contributed by atoms with Crippen molar-refractivity contribution in [3.05, 3.63) is 69.4 Å². The third-order valence-electron chi connectivity index (χ3n) is 5.51. The Hall–Kier alpha value is -2.90. The number of piperidine rings is 1. The van der Waals surface area contributed by atoms with Crippen LogP contribution in [0.5, 0.6) is 0 Å². The second kappa shape index (κ2) is 8.23. The molecule has 2 aromatic heterocycles. The van der Waals surface area contributed by atoms with E-state index in [1.54, 1.807) is 13.0 Å². The Bertz CT molecular complexity index is 1090. The fourth-order valence-corrected chi connectivity index (χ4v) is 3.92. The number of aliphatic hydroxyl groups excluding tert-OH is 1. The second-order valence-electron chi connectivity index (χ2n) is 7.56. The molecule has 1 saturated heterocycles. The summed E-state index contributed by atoms with van der Waals surface area (Å²) in [6.07, 6.45) is 3.20. The molecule has 0 radical (unpaired) electrons. The highest BCUT2D eigenvalue weighted by Crippen LogP contribution is 2.20. The van der Waals surface area contributed by atoms with Gasteiger partial charge in [-0.05, 0) is 49.6 Å². The molecule has 3 heterocycles. The molecule has 0 bridgehead atoms. The van der Waals surface area contributed by atoms with Gasteiger partial charge < -0.3 is 25.1 Å². The minimum absolute atomic E-state index is 0.00609. The van der Waals surface area contributed by atoms with E-state index in [0.717, 1.165) is 22.9 Å². The number of carbonyl (C=O) groups excluding carboxylic acids is 1. The number of β-amino-alcohol motifs (C(OH)–C–C–N with tert-alkyl or cyclic N) is 1. The van der Waals surface area contributed by atoms with Gasteiger partial charge in [-0.25, -0.2) is 4.79 Å². The van der Waals surface area contributed by atoms with Gasteiger partial charge in [-0.3, -0.25) is 4.79 Å². The van der Waals surface area contributed by atoms with E-state index < -0.39 is 17.6 Å². The first-order valence-corrected chi connectivity index (χ1v) is 9.91.